The van der Waals surface area contributed by atoms with Gasteiger partial charge in [-0.25, -0.2) is 0 Å². The smallest absolute Gasteiger partial charge is 0.141 e. The molecule has 0 aromatic carbocycles. The summed E-state index contributed by atoms with van der Waals surface area (Å²) in [5.41, 5.74) is 1.73. The van der Waals surface area contributed by atoms with Crippen molar-refractivity contribution in [3.05, 3.63) is 17.5 Å². The number of aromatic nitrogens is 2. The third-order valence-corrected chi connectivity index (χ3v) is 2.62. The van der Waals surface area contributed by atoms with Crippen LogP contribution < -0.4 is 0 Å². The van der Waals surface area contributed by atoms with Gasteiger partial charge in [-0.3, -0.25) is 9.89 Å². The summed E-state index contributed by atoms with van der Waals surface area (Å²) < 4.78 is 0. The van der Waals surface area contributed by atoms with Crippen molar-refractivity contribution < 1.29 is 4.79 Å². The van der Waals surface area contributed by atoms with Crippen molar-refractivity contribution in [2.24, 2.45) is 0 Å². The molecule has 0 aliphatic heterocycles. The predicted octanol–water partition coefficient (Wildman–Crippen LogP) is 1.34. The lowest BCUT2D eigenvalue weighted by Gasteiger charge is -2.05. The summed E-state index contributed by atoms with van der Waals surface area (Å²) in [5.74, 6) is 0.244. The number of aryl methyl sites for hydroxylation is 1. The zero-order chi connectivity index (χ0) is 8.77. The Morgan fingerprint density at radius 2 is 2.33 bits per heavy atom. The Morgan fingerprint density at radius 1 is 1.67 bits per heavy atom. The first-order valence-electron chi connectivity index (χ1n) is 4.19. The zero-order valence-electron chi connectivity index (χ0n) is 7.35. The van der Waals surface area contributed by atoms with Crippen molar-refractivity contribution in [3.63, 3.8) is 0 Å². The Hall–Kier alpha value is -1.12. The SMILES string of the molecule is CC(=O)C1(c2cc(C)[nH]n2)CC1. The van der Waals surface area contributed by atoms with Crippen molar-refractivity contribution in [2.45, 2.75) is 32.1 Å². The molecule has 0 saturated heterocycles. The molecule has 0 radical (unpaired) electrons. The van der Waals surface area contributed by atoms with Crippen LogP contribution in [-0.2, 0) is 10.2 Å². The zero-order valence-corrected chi connectivity index (χ0v) is 7.35. The molecular formula is C9H12N2O. The Labute approximate surface area is 71.2 Å². The molecule has 0 unspecified atom stereocenters. The van der Waals surface area contributed by atoms with Gasteiger partial charge in [0.25, 0.3) is 0 Å². The van der Waals surface area contributed by atoms with E-state index in [0.29, 0.717) is 0 Å². The number of hydrogen-bond donors (Lipinski definition) is 1. The molecule has 0 spiro atoms. The van der Waals surface area contributed by atoms with Crippen molar-refractivity contribution in [1.29, 1.82) is 0 Å². The van der Waals surface area contributed by atoms with Gasteiger partial charge in [-0.1, -0.05) is 0 Å². The number of ketones is 1. The lowest BCUT2D eigenvalue weighted by molar-refractivity contribution is -0.119. The Kier molecular flexibility index (Phi) is 1.37. The van der Waals surface area contributed by atoms with Crippen LogP contribution in [0.25, 0.3) is 0 Å². The van der Waals surface area contributed by atoms with E-state index in [2.05, 4.69) is 10.2 Å². The Balaban J connectivity index is 2.36. The summed E-state index contributed by atoms with van der Waals surface area (Å²) in [7, 11) is 0. The molecule has 1 fully saturated rings. The first kappa shape index (κ1) is 7.53. The van der Waals surface area contributed by atoms with Gasteiger partial charge in [-0.05, 0) is 32.8 Å². The largest absolute Gasteiger partial charge is 0.299 e. The molecule has 1 N–H and O–H groups in total. The second-order valence-corrected chi connectivity index (χ2v) is 3.57. The van der Waals surface area contributed by atoms with Crippen LogP contribution in [0.5, 0.6) is 0 Å². The second kappa shape index (κ2) is 2.19. The fourth-order valence-electron chi connectivity index (χ4n) is 1.58. The van der Waals surface area contributed by atoms with E-state index in [1.807, 2.05) is 13.0 Å². The molecule has 1 heterocycles. The number of hydrogen-bond acceptors (Lipinski definition) is 2. The molecule has 12 heavy (non-hydrogen) atoms. The molecule has 1 saturated carbocycles. The summed E-state index contributed by atoms with van der Waals surface area (Å²) >= 11 is 0. The van der Waals surface area contributed by atoms with Gasteiger partial charge >= 0.3 is 0 Å². The molecule has 2 rings (SSSR count). The quantitative estimate of drug-likeness (QED) is 0.716. The van der Waals surface area contributed by atoms with E-state index in [9.17, 15) is 4.79 Å². The molecule has 3 nitrogen and oxygen atoms in total. The summed E-state index contributed by atoms with van der Waals surface area (Å²) in [6.07, 6.45) is 1.93. The highest BCUT2D eigenvalue weighted by atomic mass is 16.1. The van der Waals surface area contributed by atoms with Gasteiger partial charge in [0.1, 0.15) is 5.78 Å². The van der Waals surface area contributed by atoms with Gasteiger partial charge in [-0.2, -0.15) is 5.10 Å². The first-order chi connectivity index (χ1) is 5.65. The highest BCUT2D eigenvalue weighted by Crippen LogP contribution is 2.48. The fourth-order valence-corrected chi connectivity index (χ4v) is 1.58. The van der Waals surface area contributed by atoms with Crippen molar-refractivity contribution in [3.8, 4) is 0 Å². The lowest BCUT2D eigenvalue weighted by Crippen LogP contribution is -2.17. The van der Waals surface area contributed by atoms with E-state index in [0.717, 1.165) is 24.2 Å². The van der Waals surface area contributed by atoms with E-state index >= 15 is 0 Å². The maximum Gasteiger partial charge on any atom is 0.141 e. The summed E-state index contributed by atoms with van der Waals surface area (Å²) in [5, 5.41) is 6.99. The van der Waals surface area contributed by atoms with Crippen molar-refractivity contribution in [1.82, 2.24) is 10.2 Å². The maximum absolute atomic E-state index is 11.3. The van der Waals surface area contributed by atoms with E-state index in [1.54, 1.807) is 6.92 Å². The van der Waals surface area contributed by atoms with Crippen LogP contribution in [-0.4, -0.2) is 16.0 Å². The number of rotatable bonds is 2. The molecule has 1 aliphatic rings. The van der Waals surface area contributed by atoms with Crippen LogP contribution in [0.3, 0.4) is 0 Å². The van der Waals surface area contributed by atoms with Gasteiger partial charge in [0.2, 0.25) is 0 Å². The molecule has 0 amide bonds. The van der Waals surface area contributed by atoms with Crippen molar-refractivity contribution in [2.75, 3.05) is 0 Å². The van der Waals surface area contributed by atoms with Crippen molar-refractivity contribution >= 4 is 5.78 Å². The van der Waals surface area contributed by atoms with Crippen LogP contribution in [0.4, 0.5) is 0 Å². The van der Waals surface area contributed by atoms with Gasteiger partial charge in [-0.15, -0.1) is 0 Å². The molecule has 3 heteroatoms. The van der Waals surface area contributed by atoms with Crippen LogP contribution in [0.2, 0.25) is 0 Å². The minimum absolute atomic E-state index is 0.218. The Morgan fingerprint density at radius 3 is 2.67 bits per heavy atom. The van der Waals surface area contributed by atoms with Crippen LogP contribution >= 0.6 is 0 Å². The topological polar surface area (TPSA) is 45.8 Å². The number of Topliss-reactive ketones (excluding diaryl/α,β-unsaturated/α-hetero) is 1. The standard InChI is InChI=1S/C9H12N2O/c1-6-5-8(11-10-6)9(3-4-9)7(2)12/h5H,3-4H2,1-2H3,(H,10,11). The van der Waals surface area contributed by atoms with Gasteiger partial charge < -0.3 is 0 Å². The molecular weight excluding hydrogens is 152 g/mol. The fraction of sp³-hybridized carbons (Fsp3) is 0.556. The number of H-pyrrole nitrogens is 1. The predicted molar refractivity (Wildman–Crippen MR) is 44.9 cm³/mol. The average Bonchev–Trinajstić information content (AvgIpc) is 2.71. The second-order valence-electron chi connectivity index (χ2n) is 3.57. The number of nitrogens with one attached hydrogen (secondary N) is 1. The summed E-state index contributed by atoms with van der Waals surface area (Å²) in [6, 6.07) is 1.97. The van der Waals surface area contributed by atoms with Gasteiger partial charge in [0.05, 0.1) is 11.1 Å². The molecule has 0 atom stereocenters. The molecule has 1 aromatic heterocycles. The monoisotopic (exact) mass is 164 g/mol. The van der Waals surface area contributed by atoms with E-state index in [1.165, 1.54) is 0 Å². The number of carbonyl (C=O) groups excluding carboxylic acids is 1. The average molecular weight is 164 g/mol. The van der Waals surface area contributed by atoms with Gasteiger partial charge in [0.15, 0.2) is 0 Å². The number of nitrogens with zero attached hydrogens (tertiary/aromatic N) is 1. The maximum atomic E-state index is 11.3. The highest BCUT2D eigenvalue weighted by molar-refractivity contribution is 5.90. The van der Waals surface area contributed by atoms with Crippen LogP contribution in [0, 0.1) is 6.92 Å². The minimum atomic E-state index is -0.218. The molecule has 0 bridgehead atoms. The van der Waals surface area contributed by atoms with Gasteiger partial charge in [0, 0.05) is 5.69 Å². The summed E-state index contributed by atoms with van der Waals surface area (Å²) in [6.45, 7) is 3.60. The summed E-state index contributed by atoms with van der Waals surface area (Å²) in [4.78, 5) is 11.3. The van der Waals surface area contributed by atoms with E-state index in [-0.39, 0.29) is 11.2 Å². The number of carbonyl (C=O) groups is 1. The minimum Gasteiger partial charge on any atom is -0.299 e. The van der Waals surface area contributed by atoms with Crippen LogP contribution in [0.15, 0.2) is 6.07 Å². The molecule has 1 aliphatic carbocycles. The molecule has 64 valence electrons. The first-order valence-corrected chi connectivity index (χ1v) is 4.19. The van der Waals surface area contributed by atoms with Crippen LogP contribution in [0.1, 0.15) is 31.2 Å². The third kappa shape index (κ3) is 0.891. The highest BCUT2D eigenvalue weighted by Gasteiger charge is 2.50. The van der Waals surface area contributed by atoms with E-state index < -0.39 is 0 Å². The Bertz CT molecular complexity index is 323. The lowest BCUT2D eigenvalue weighted by atomic mass is 9.98. The third-order valence-electron chi connectivity index (χ3n) is 2.62. The normalized spacial score (nSPS) is 19.2. The number of aromatic amines is 1. The molecule has 1 aromatic rings. The van der Waals surface area contributed by atoms with E-state index in [4.69, 9.17) is 0 Å².